The first kappa shape index (κ1) is 18.3. The number of nitrogens with one attached hydrogen (secondary N) is 1. The second-order valence-electron chi connectivity index (χ2n) is 7.87. The van der Waals surface area contributed by atoms with Crippen LogP contribution in [0.25, 0.3) is 11.1 Å². The van der Waals surface area contributed by atoms with Crippen LogP contribution in [0.5, 0.6) is 5.75 Å². The Labute approximate surface area is 156 Å². The molecule has 136 valence electrons. The average Bonchev–Trinajstić information content (AvgIpc) is 2.66. The van der Waals surface area contributed by atoms with Crippen LogP contribution in [0.15, 0.2) is 24.3 Å². The van der Waals surface area contributed by atoms with Gasteiger partial charge in [0.1, 0.15) is 23.1 Å². The van der Waals surface area contributed by atoms with Gasteiger partial charge in [0.25, 0.3) is 5.82 Å². The summed E-state index contributed by atoms with van der Waals surface area (Å²) in [4.78, 5) is 3.30. The monoisotopic (exact) mass is 350 g/mol. The number of ether oxygens (including phenoxy) is 1. The summed E-state index contributed by atoms with van der Waals surface area (Å²) in [6.07, 6.45) is 4.25. The highest BCUT2D eigenvalue weighted by Gasteiger charge is 2.35. The third kappa shape index (κ3) is 3.14. The molecule has 0 amide bonds. The molecule has 4 nitrogen and oxygen atoms in total. The Bertz CT molecular complexity index is 847. The number of nitrogens with two attached hydrogens (primary N) is 1. The first-order valence-corrected chi connectivity index (χ1v) is 9.32. The van der Waals surface area contributed by atoms with Crippen molar-refractivity contribution in [1.29, 1.82) is 5.26 Å². The van der Waals surface area contributed by atoms with Gasteiger partial charge >= 0.3 is 0 Å². The number of aromatic nitrogens is 1. The number of benzene rings is 1. The molecule has 3 rings (SSSR count). The molecule has 4 heteroatoms. The highest BCUT2D eigenvalue weighted by Crippen LogP contribution is 2.43. The van der Waals surface area contributed by atoms with Gasteiger partial charge in [-0.2, -0.15) is 5.26 Å². The third-order valence-corrected chi connectivity index (χ3v) is 6.17. The van der Waals surface area contributed by atoms with E-state index in [0.717, 1.165) is 42.6 Å². The predicted octanol–water partition coefficient (Wildman–Crippen LogP) is 4.17. The number of aryl methyl sites for hydroxylation is 1. The zero-order chi connectivity index (χ0) is 18.9. The summed E-state index contributed by atoms with van der Waals surface area (Å²) >= 11 is 0. The lowest BCUT2D eigenvalue weighted by Crippen LogP contribution is -2.33. The fourth-order valence-corrected chi connectivity index (χ4v) is 3.99. The van der Waals surface area contributed by atoms with Crippen molar-refractivity contribution < 1.29 is 9.72 Å². The number of nitrogen functional groups attached to an aromatic ring is 1. The maximum absolute atomic E-state index is 9.76. The quantitative estimate of drug-likeness (QED) is 0.899. The number of hydrogen-bond donors (Lipinski definition) is 1. The highest BCUT2D eigenvalue weighted by molar-refractivity contribution is 5.78. The van der Waals surface area contributed by atoms with Crippen LogP contribution in [-0.2, 0) is 12.8 Å². The molecule has 1 atom stereocenters. The molecule has 0 saturated carbocycles. The van der Waals surface area contributed by atoms with Crippen LogP contribution >= 0.6 is 0 Å². The largest absolute Gasteiger partial charge is 0.497 e. The number of pyridine rings is 1. The second kappa shape index (κ2) is 6.99. The van der Waals surface area contributed by atoms with Gasteiger partial charge in [-0.1, -0.05) is 39.3 Å². The molecule has 0 unspecified atom stereocenters. The van der Waals surface area contributed by atoms with Crippen molar-refractivity contribution in [2.75, 3.05) is 12.8 Å². The summed E-state index contributed by atoms with van der Waals surface area (Å²) in [5.41, 5.74) is 11.5. The molecule has 1 aliphatic carbocycles. The number of rotatable bonds is 4. The zero-order valence-electron chi connectivity index (χ0n) is 16.1. The van der Waals surface area contributed by atoms with E-state index < -0.39 is 0 Å². The van der Waals surface area contributed by atoms with Gasteiger partial charge < -0.3 is 4.74 Å². The first-order valence-electron chi connectivity index (χ1n) is 9.32. The number of methoxy groups -OCH3 is 1. The van der Waals surface area contributed by atoms with Crippen LogP contribution in [0.1, 0.15) is 50.4 Å². The molecule has 0 aliphatic heterocycles. The standard InChI is InChI=1S/C22H27N3O/c1-5-22(2,3)15-8-11-19-17(12-15)20(18(13-23)21(24)25-19)14-6-9-16(26-4)10-7-14/h6-7,9-10,15H,5,8,11-12H2,1-4H3,(H2,24,25)/p+1/t15-/m0/s1. The van der Waals surface area contributed by atoms with Gasteiger partial charge in [0.05, 0.1) is 7.11 Å². The first-order chi connectivity index (χ1) is 12.4. The maximum atomic E-state index is 9.76. The highest BCUT2D eigenvalue weighted by atomic mass is 16.5. The van der Waals surface area contributed by atoms with E-state index in [0.29, 0.717) is 17.3 Å². The van der Waals surface area contributed by atoms with E-state index in [1.54, 1.807) is 7.11 Å². The molecule has 26 heavy (non-hydrogen) atoms. The summed E-state index contributed by atoms with van der Waals surface area (Å²) in [6.45, 7) is 6.96. The van der Waals surface area contributed by atoms with E-state index in [-0.39, 0.29) is 5.41 Å². The minimum atomic E-state index is 0.281. The minimum Gasteiger partial charge on any atom is -0.497 e. The molecule has 0 spiro atoms. The number of H-pyrrole nitrogens is 1. The molecule has 1 heterocycles. The summed E-state index contributed by atoms with van der Waals surface area (Å²) < 4.78 is 5.28. The lowest BCUT2D eigenvalue weighted by molar-refractivity contribution is -0.375. The average molecular weight is 350 g/mol. The van der Waals surface area contributed by atoms with Crippen LogP contribution in [-0.4, -0.2) is 7.11 Å². The Kier molecular flexibility index (Phi) is 4.91. The zero-order valence-corrected chi connectivity index (χ0v) is 16.1. The van der Waals surface area contributed by atoms with Gasteiger partial charge in [-0.25, -0.2) is 4.98 Å². The molecule has 1 aromatic heterocycles. The molecule has 0 bridgehead atoms. The Balaban J connectivity index is 2.16. The Morgan fingerprint density at radius 2 is 2.00 bits per heavy atom. The normalized spacial score (nSPS) is 16.7. The predicted molar refractivity (Wildman–Crippen MR) is 104 cm³/mol. The van der Waals surface area contributed by atoms with Crippen molar-refractivity contribution in [2.24, 2.45) is 11.3 Å². The summed E-state index contributed by atoms with van der Waals surface area (Å²) in [6, 6.07) is 10.2. The number of anilines is 1. The van der Waals surface area contributed by atoms with E-state index in [2.05, 4.69) is 31.8 Å². The van der Waals surface area contributed by atoms with Crippen LogP contribution in [0.3, 0.4) is 0 Å². The number of hydrogen-bond acceptors (Lipinski definition) is 3. The van der Waals surface area contributed by atoms with Crippen LogP contribution in [0.4, 0.5) is 5.82 Å². The van der Waals surface area contributed by atoms with E-state index in [1.165, 1.54) is 11.3 Å². The molecule has 2 aromatic rings. The van der Waals surface area contributed by atoms with Gasteiger partial charge in [-0.15, -0.1) is 0 Å². The van der Waals surface area contributed by atoms with Crippen molar-refractivity contribution >= 4 is 5.82 Å². The van der Waals surface area contributed by atoms with Crippen molar-refractivity contribution in [3.63, 3.8) is 0 Å². The molecular formula is C22H28N3O+. The summed E-state index contributed by atoms with van der Waals surface area (Å²) in [7, 11) is 1.66. The second-order valence-corrected chi connectivity index (χ2v) is 7.87. The van der Waals surface area contributed by atoms with Crippen LogP contribution in [0.2, 0.25) is 0 Å². The van der Waals surface area contributed by atoms with Gasteiger partial charge in [-0.3, -0.25) is 5.73 Å². The fraction of sp³-hybridized carbons (Fsp3) is 0.455. The van der Waals surface area contributed by atoms with E-state index in [4.69, 9.17) is 10.5 Å². The number of nitriles is 1. The molecule has 1 aromatic carbocycles. The van der Waals surface area contributed by atoms with Gasteiger partial charge in [0.2, 0.25) is 0 Å². The Hall–Kier alpha value is -2.54. The number of fused-ring (bicyclic) bond motifs is 1. The molecule has 0 saturated heterocycles. The fourth-order valence-electron chi connectivity index (χ4n) is 3.99. The lowest BCUT2D eigenvalue weighted by atomic mass is 9.68. The molecular weight excluding hydrogens is 322 g/mol. The third-order valence-electron chi connectivity index (χ3n) is 6.17. The SMILES string of the molecule is CCC(C)(C)[C@H]1CCc2[nH+]c(N)c(C#N)c(-c3ccc(OC)cc3)c2C1. The van der Waals surface area contributed by atoms with E-state index in [1.807, 2.05) is 24.3 Å². The molecule has 3 N–H and O–H groups in total. The smallest absolute Gasteiger partial charge is 0.289 e. The van der Waals surface area contributed by atoms with Crippen molar-refractivity contribution in [1.82, 2.24) is 0 Å². The Morgan fingerprint density at radius 1 is 1.31 bits per heavy atom. The minimum absolute atomic E-state index is 0.281. The molecule has 1 aliphatic rings. The van der Waals surface area contributed by atoms with Crippen molar-refractivity contribution in [3.05, 3.63) is 41.1 Å². The van der Waals surface area contributed by atoms with Gasteiger partial charge in [-0.05, 0) is 41.9 Å². The molecule has 0 radical (unpaired) electrons. The van der Waals surface area contributed by atoms with E-state index in [9.17, 15) is 5.26 Å². The van der Waals surface area contributed by atoms with Gasteiger partial charge in [0.15, 0.2) is 0 Å². The van der Waals surface area contributed by atoms with Crippen LogP contribution in [0, 0.1) is 22.7 Å². The number of aromatic amines is 1. The Morgan fingerprint density at radius 3 is 2.58 bits per heavy atom. The van der Waals surface area contributed by atoms with Crippen molar-refractivity contribution in [2.45, 2.75) is 46.5 Å². The summed E-state index contributed by atoms with van der Waals surface area (Å²) in [5, 5.41) is 9.76. The number of nitrogens with zero attached hydrogens (tertiary/aromatic N) is 1. The van der Waals surface area contributed by atoms with E-state index >= 15 is 0 Å². The van der Waals surface area contributed by atoms with Gasteiger partial charge in [0, 0.05) is 17.5 Å². The van der Waals surface area contributed by atoms with Crippen molar-refractivity contribution in [3.8, 4) is 22.9 Å². The lowest BCUT2D eigenvalue weighted by Gasteiger charge is -2.37. The molecule has 0 fully saturated rings. The topological polar surface area (TPSA) is 73.2 Å². The van der Waals surface area contributed by atoms with Crippen LogP contribution < -0.4 is 15.5 Å². The summed E-state index contributed by atoms with van der Waals surface area (Å²) in [5.74, 6) is 1.87. The maximum Gasteiger partial charge on any atom is 0.289 e.